The molecule has 0 bridgehead atoms. The van der Waals surface area contributed by atoms with Crippen molar-refractivity contribution in [2.24, 2.45) is 0 Å². The topological polar surface area (TPSA) is 221 Å². The molecule has 8 aromatic rings. The highest BCUT2D eigenvalue weighted by Gasteiger charge is 2.36. The van der Waals surface area contributed by atoms with Gasteiger partial charge < -0.3 is 15.4 Å². The SMILES string of the molecule is O=C(NCc1ccc(S(=O)(=O)N2CCC(n3nc4ccc(C(=O)OC(C(=O)Nc5ccc(Cl)cc5)c5ccc(S(=O)(=O)N6CCC(n7nnc8ccccc87)CC6)s5)cc4n3)CC2)s1)c1ccc(Cl)cc1. The van der Waals surface area contributed by atoms with Gasteiger partial charge in [0.25, 0.3) is 31.9 Å². The number of nitrogens with zero attached hydrogens (tertiary/aromatic N) is 8. The van der Waals surface area contributed by atoms with Crippen molar-refractivity contribution in [2.45, 2.75) is 58.8 Å². The molecule has 24 heteroatoms. The highest BCUT2D eigenvalue weighted by atomic mass is 35.5. The average molecular weight is 1070 g/mol. The second kappa shape index (κ2) is 20.2. The summed E-state index contributed by atoms with van der Waals surface area (Å²) in [5.74, 6) is -1.88. The first-order chi connectivity index (χ1) is 34.2. The Morgan fingerprint density at radius 2 is 1.28 bits per heavy atom. The van der Waals surface area contributed by atoms with Crippen LogP contribution in [-0.2, 0) is 36.1 Å². The molecule has 1 unspecified atom stereocenters. The number of hydrogen-bond acceptors (Lipinski definition) is 14. The van der Waals surface area contributed by atoms with Gasteiger partial charge in [0.05, 0.1) is 34.6 Å². The van der Waals surface area contributed by atoms with Crippen molar-refractivity contribution in [3.8, 4) is 0 Å². The summed E-state index contributed by atoms with van der Waals surface area (Å²) in [7, 11) is -7.80. The molecule has 4 aromatic carbocycles. The third-order valence-corrected chi connectivity index (χ3v) is 19.8. The summed E-state index contributed by atoms with van der Waals surface area (Å²) in [6.45, 7) is 1.08. The fourth-order valence-corrected chi connectivity index (χ4v) is 14.7. The molecule has 4 aromatic heterocycles. The van der Waals surface area contributed by atoms with E-state index in [4.69, 9.17) is 27.9 Å². The Bertz CT molecular complexity index is 3510. The van der Waals surface area contributed by atoms with Gasteiger partial charge in [-0.15, -0.1) is 27.8 Å². The maximum absolute atomic E-state index is 14.0. The number of esters is 1. The van der Waals surface area contributed by atoms with Gasteiger partial charge in [0.1, 0.15) is 25.0 Å². The standard InChI is InChI=1S/C47H42Cl2N10O8S4/c48-31-8-5-29(6-9-31)45(60)50-28-36-14-17-42(68-36)70(63,64)57-25-21-35(22-26-57)59-53-37-15-7-30(27-39(37)54-59)47(62)67-44(46(61)51-33-12-10-32(49)11-13-33)41-16-18-43(69-41)71(65,66)56-23-19-34(20-24-56)58-40-4-2-1-3-38(40)52-55-58/h1-18,27,34-35,44H,19-26,28H2,(H,50,60)(H,51,61). The molecule has 6 heterocycles. The Labute approximate surface area is 425 Å². The van der Waals surface area contributed by atoms with Crippen LogP contribution in [0.25, 0.3) is 22.1 Å². The van der Waals surface area contributed by atoms with Crippen molar-refractivity contribution in [1.29, 1.82) is 0 Å². The van der Waals surface area contributed by atoms with Gasteiger partial charge in [-0.3, -0.25) is 9.59 Å². The second-order valence-corrected chi connectivity index (χ2v) is 24.4. The maximum Gasteiger partial charge on any atom is 0.339 e. The number of fused-ring (bicyclic) bond motifs is 2. The van der Waals surface area contributed by atoms with Gasteiger partial charge in [-0.05, 0) is 129 Å². The van der Waals surface area contributed by atoms with Crippen LogP contribution in [-0.4, -0.2) is 99.4 Å². The number of carbonyl (C=O) groups excluding carboxylic acids is 3. The number of carbonyl (C=O) groups is 3. The number of anilines is 1. The zero-order chi connectivity index (χ0) is 49.4. The third kappa shape index (κ3) is 10.3. The lowest BCUT2D eigenvalue weighted by Crippen LogP contribution is -2.39. The molecule has 2 aliphatic heterocycles. The summed E-state index contributed by atoms with van der Waals surface area (Å²) in [6.07, 6.45) is 0.337. The molecular formula is C47H42Cl2N10O8S4. The Morgan fingerprint density at radius 3 is 1.99 bits per heavy atom. The number of benzene rings is 4. The van der Waals surface area contributed by atoms with E-state index in [-0.39, 0.29) is 69.6 Å². The Morgan fingerprint density at radius 1 is 0.676 bits per heavy atom. The fourth-order valence-electron chi connectivity index (χ4n) is 8.51. The van der Waals surface area contributed by atoms with Crippen molar-refractivity contribution >= 4 is 111 Å². The summed E-state index contributed by atoms with van der Waals surface area (Å²) in [5, 5.41) is 24.4. The molecule has 2 saturated heterocycles. The number of piperidine rings is 2. The van der Waals surface area contributed by atoms with Crippen LogP contribution in [0.15, 0.2) is 124 Å². The molecule has 2 N–H and O–H groups in total. The number of aromatic nitrogens is 6. The molecule has 71 heavy (non-hydrogen) atoms. The summed E-state index contributed by atoms with van der Waals surface area (Å²) in [5.41, 5.74) is 3.39. The number of ether oxygens (including phenoxy) is 1. The number of para-hydroxylation sites is 1. The number of thiophene rings is 2. The minimum Gasteiger partial charge on any atom is -0.443 e. The summed E-state index contributed by atoms with van der Waals surface area (Å²) >= 11 is 13.9. The van der Waals surface area contributed by atoms with Crippen molar-refractivity contribution < 1.29 is 36.0 Å². The first-order valence-corrected chi connectivity index (χ1v) is 27.6. The molecule has 0 saturated carbocycles. The molecule has 0 spiro atoms. The van der Waals surface area contributed by atoms with Crippen LogP contribution in [0.2, 0.25) is 10.0 Å². The van der Waals surface area contributed by atoms with E-state index < -0.39 is 38.0 Å². The number of nitrogens with one attached hydrogen (secondary N) is 2. The van der Waals surface area contributed by atoms with E-state index in [1.807, 2.05) is 28.9 Å². The first-order valence-electron chi connectivity index (χ1n) is 22.4. The van der Waals surface area contributed by atoms with E-state index in [0.29, 0.717) is 62.9 Å². The summed E-state index contributed by atoms with van der Waals surface area (Å²) in [6, 6.07) is 30.9. The van der Waals surface area contributed by atoms with Crippen LogP contribution < -0.4 is 10.6 Å². The van der Waals surface area contributed by atoms with Crippen molar-refractivity contribution in [1.82, 2.24) is 43.9 Å². The van der Waals surface area contributed by atoms with Crippen LogP contribution in [0.5, 0.6) is 0 Å². The summed E-state index contributed by atoms with van der Waals surface area (Å²) < 4.78 is 66.2. The Balaban J connectivity index is 0.795. The predicted octanol–water partition coefficient (Wildman–Crippen LogP) is 8.12. The maximum atomic E-state index is 14.0. The average Bonchev–Trinajstić information content (AvgIpc) is 4.23. The van der Waals surface area contributed by atoms with Crippen LogP contribution in [0.1, 0.15) is 74.3 Å². The van der Waals surface area contributed by atoms with E-state index in [1.165, 1.54) is 37.7 Å². The fraction of sp³-hybridized carbons (Fsp3) is 0.255. The van der Waals surface area contributed by atoms with Gasteiger partial charge in [0.2, 0.25) is 6.10 Å². The largest absolute Gasteiger partial charge is 0.443 e. The summed E-state index contributed by atoms with van der Waals surface area (Å²) in [4.78, 5) is 42.9. The van der Waals surface area contributed by atoms with Crippen LogP contribution in [0.3, 0.4) is 0 Å². The minimum atomic E-state index is -3.99. The van der Waals surface area contributed by atoms with Crippen LogP contribution in [0.4, 0.5) is 5.69 Å². The number of amides is 2. The van der Waals surface area contributed by atoms with Gasteiger partial charge in [0.15, 0.2) is 0 Å². The molecule has 18 nitrogen and oxygen atoms in total. The third-order valence-electron chi connectivity index (χ3n) is 12.3. The van der Waals surface area contributed by atoms with E-state index in [2.05, 4.69) is 31.1 Å². The normalized spacial score (nSPS) is 16.0. The second-order valence-electron chi connectivity index (χ2n) is 16.9. The number of sulfonamides is 2. The molecule has 0 radical (unpaired) electrons. The molecule has 2 fully saturated rings. The van der Waals surface area contributed by atoms with Crippen molar-refractivity contribution in [3.05, 3.63) is 146 Å². The molecule has 2 aliphatic rings. The first kappa shape index (κ1) is 48.5. The zero-order valence-electron chi connectivity index (χ0n) is 37.3. The van der Waals surface area contributed by atoms with Crippen molar-refractivity contribution in [2.75, 3.05) is 31.5 Å². The van der Waals surface area contributed by atoms with E-state index in [1.54, 1.807) is 66.7 Å². The molecule has 10 rings (SSSR count). The Hall–Kier alpha value is -6.11. The quantitative estimate of drug-likeness (QED) is 0.0986. The Kier molecular flexibility index (Phi) is 13.8. The highest BCUT2D eigenvalue weighted by molar-refractivity contribution is 7.91. The lowest BCUT2D eigenvalue weighted by Gasteiger charge is -2.30. The van der Waals surface area contributed by atoms with Gasteiger partial charge >= 0.3 is 5.97 Å². The predicted molar refractivity (Wildman–Crippen MR) is 269 cm³/mol. The molecule has 0 aliphatic carbocycles. The van der Waals surface area contributed by atoms with Gasteiger partial charge in [0, 0.05) is 52.4 Å². The van der Waals surface area contributed by atoms with Crippen LogP contribution in [0, 0.1) is 0 Å². The van der Waals surface area contributed by atoms with Crippen molar-refractivity contribution in [3.63, 3.8) is 0 Å². The van der Waals surface area contributed by atoms with Gasteiger partial charge in [-0.25, -0.2) is 26.3 Å². The number of rotatable bonds is 14. The lowest BCUT2D eigenvalue weighted by molar-refractivity contribution is -0.124. The number of halogens is 2. The van der Waals surface area contributed by atoms with E-state index >= 15 is 0 Å². The van der Waals surface area contributed by atoms with E-state index in [9.17, 15) is 31.2 Å². The minimum absolute atomic E-state index is 0.00650. The molecule has 2 amide bonds. The smallest absolute Gasteiger partial charge is 0.339 e. The molecule has 366 valence electrons. The van der Waals surface area contributed by atoms with E-state index in [0.717, 1.165) is 33.7 Å². The highest BCUT2D eigenvalue weighted by Crippen LogP contribution is 2.36. The van der Waals surface area contributed by atoms with Crippen LogP contribution >= 0.6 is 45.9 Å². The molecular weight excluding hydrogens is 1030 g/mol. The van der Waals surface area contributed by atoms with Gasteiger partial charge in [-0.1, -0.05) is 40.5 Å². The number of hydrogen-bond donors (Lipinski definition) is 2. The van der Waals surface area contributed by atoms with Gasteiger partial charge in [-0.2, -0.15) is 23.6 Å². The monoisotopic (exact) mass is 1070 g/mol. The zero-order valence-corrected chi connectivity index (χ0v) is 42.1. The molecule has 1 atom stereocenters. The lowest BCUT2D eigenvalue weighted by atomic mass is 10.1.